The van der Waals surface area contributed by atoms with Crippen molar-refractivity contribution in [3.63, 3.8) is 0 Å². The van der Waals surface area contributed by atoms with E-state index in [0.29, 0.717) is 12.3 Å². The van der Waals surface area contributed by atoms with Crippen LogP contribution in [0.25, 0.3) is 22.5 Å². The zero-order chi connectivity index (χ0) is 20.4. The number of hydrogen-bond donors (Lipinski definition) is 0. The number of esters is 1. The smallest absolute Gasteiger partial charge is 0.373 e. The molecule has 5 heteroatoms. The van der Waals surface area contributed by atoms with Crippen molar-refractivity contribution < 1.29 is 13.9 Å². The average molecular weight is 386 g/mol. The fourth-order valence-corrected chi connectivity index (χ4v) is 3.18. The summed E-state index contributed by atoms with van der Waals surface area (Å²) >= 11 is 0. The first kappa shape index (κ1) is 18.7. The summed E-state index contributed by atoms with van der Waals surface area (Å²) in [5.41, 5.74) is 6.40. The van der Waals surface area contributed by atoms with Gasteiger partial charge in [-0.15, -0.1) is 0 Å². The highest BCUT2D eigenvalue weighted by Crippen LogP contribution is 2.28. The normalized spacial score (nSPS) is 10.9. The second-order valence-corrected chi connectivity index (χ2v) is 7.06. The lowest BCUT2D eigenvalue weighted by Gasteiger charge is -2.06. The summed E-state index contributed by atoms with van der Waals surface area (Å²) in [7, 11) is 1.33. The number of aromatic nitrogens is 2. The monoisotopic (exact) mass is 386 g/mol. The van der Waals surface area contributed by atoms with Gasteiger partial charge in [0.15, 0.2) is 0 Å². The quantitative estimate of drug-likeness (QED) is 0.439. The van der Waals surface area contributed by atoms with Crippen LogP contribution in [-0.4, -0.2) is 22.9 Å². The number of carbonyl (C=O) groups is 1. The van der Waals surface area contributed by atoms with Crippen molar-refractivity contribution in [1.29, 1.82) is 0 Å². The molecular formula is C24H22N2O3. The molecule has 0 aliphatic heterocycles. The third-order valence-corrected chi connectivity index (χ3v) is 4.83. The van der Waals surface area contributed by atoms with E-state index in [1.54, 1.807) is 12.1 Å². The molecule has 0 saturated carbocycles. The Morgan fingerprint density at radius 1 is 0.931 bits per heavy atom. The van der Waals surface area contributed by atoms with Gasteiger partial charge in [-0.25, -0.2) is 4.79 Å². The number of ether oxygens (including phenoxy) is 1. The SMILES string of the molecule is COC(=O)c1ccc(Cn2nc(-c3ccc(C)cc3)cc2-c2ccc(C)cc2)o1. The average Bonchev–Trinajstić information content (AvgIpc) is 3.36. The van der Waals surface area contributed by atoms with E-state index in [1.165, 1.54) is 18.2 Å². The fourth-order valence-electron chi connectivity index (χ4n) is 3.18. The van der Waals surface area contributed by atoms with Gasteiger partial charge in [0.25, 0.3) is 0 Å². The first-order valence-electron chi connectivity index (χ1n) is 9.42. The molecular weight excluding hydrogens is 364 g/mol. The van der Waals surface area contributed by atoms with E-state index in [0.717, 1.165) is 22.5 Å². The number of benzene rings is 2. The van der Waals surface area contributed by atoms with E-state index in [2.05, 4.69) is 68.4 Å². The van der Waals surface area contributed by atoms with E-state index in [1.807, 2.05) is 4.68 Å². The molecule has 0 unspecified atom stereocenters. The molecule has 0 bridgehead atoms. The zero-order valence-corrected chi connectivity index (χ0v) is 16.7. The first-order valence-corrected chi connectivity index (χ1v) is 9.42. The molecule has 0 radical (unpaired) electrons. The molecule has 0 N–H and O–H groups in total. The van der Waals surface area contributed by atoms with Crippen LogP contribution in [0.1, 0.15) is 27.4 Å². The molecule has 2 aromatic carbocycles. The van der Waals surface area contributed by atoms with Crippen molar-refractivity contribution in [2.75, 3.05) is 7.11 Å². The highest BCUT2D eigenvalue weighted by atomic mass is 16.5. The van der Waals surface area contributed by atoms with Crippen molar-refractivity contribution in [3.05, 3.63) is 89.4 Å². The number of carbonyl (C=O) groups excluding carboxylic acids is 1. The maximum absolute atomic E-state index is 11.7. The van der Waals surface area contributed by atoms with Gasteiger partial charge in [-0.2, -0.15) is 5.10 Å². The van der Waals surface area contributed by atoms with Gasteiger partial charge in [0, 0.05) is 5.56 Å². The molecule has 0 fully saturated rings. The maximum atomic E-state index is 11.7. The van der Waals surface area contributed by atoms with E-state index in [-0.39, 0.29) is 5.76 Å². The molecule has 29 heavy (non-hydrogen) atoms. The topological polar surface area (TPSA) is 57.3 Å². The first-order chi connectivity index (χ1) is 14.0. The lowest BCUT2D eigenvalue weighted by Crippen LogP contribution is -2.04. The second-order valence-electron chi connectivity index (χ2n) is 7.06. The summed E-state index contributed by atoms with van der Waals surface area (Å²) < 4.78 is 12.3. The molecule has 2 heterocycles. The molecule has 2 aromatic heterocycles. The Balaban J connectivity index is 1.74. The van der Waals surface area contributed by atoms with Crippen molar-refractivity contribution in [2.45, 2.75) is 20.4 Å². The molecule has 0 saturated heterocycles. The van der Waals surface area contributed by atoms with Crippen LogP contribution < -0.4 is 0 Å². The lowest BCUT2D eigenvalue weighted by atomic mass is 10.1. The summed E-state index contributed by atoms with van der Waals surface area (Å²) in [5, 5.41) is 4.82. The van der Waals surface area contributed by atoms with Crippen LogP contribution in [0.15, 0.2) is 71.1 Å². The van der Waals surface area contributed by atoms with Gasteiger partial charge in [-0.1, -0.05) is 59.7 Å². The number of aryl methyl sites for hydroxylation is 2. The van der Waals surface area contributed by atoms with Gasteiger partial charge in [0.05, 0.1) is 25.0 Å². The summed E-state index contributed by atoms with van der Waals surface area (Å²) in [5.74, 6) is 0.332. The van der Waals surface area contributed by atoms with Crippen LogP contribution in [-0.2, 0) is 11.3 Å². The Labute approximate surface area is 169 Å². The van der Waals surface area contributed by atoms with Gasteiger partial charge < -0.3 is 9.15 Å². The molecule has 0 aliphatic rings. The van der Waals surface area contributed by atoms with Crippen LogP contribution in [0.2, 0.25) is 0 Å². The van der Waals surface area contributed by atoms with Crippen LogP contribution in [0, 0.1) is 13.8 Å². The fraction of sp³-hybridized carbons (Fsp3) is 0.167. The molecule has 0 amide bonds. The van der Waals surface area contributed by atoms with Crippen LogP contribution in [0.4, 0.5) is 0 Å². The van der Waals surface area contributed by atoms with Gasteiger partial charge in [-0.05, 0) is 37.6 Å². The Morgan fingerprint density at radius 2 is 1.55 bits per heavy atom. The maximum Gasteiger partial charge on any atom is 0.373 e. The number of methoxy groups -OCH3 is 1. The van der Waals surface area contributed by atoms with E-state index >= 15 is 0 Å². The van der Waals surface area contributed by atoms with Gasteiger partial charge in [0.1, 0.15) is 5.76 Å². The molecule has 4 aromatic rings. The number of hydrogen-bond acceptors (Lipinski definition) is 4. The Bertz CT molecular complexity index is 1140. The Morgan fingerprint density at radius 3 is 2.17 bits per heavy atom. The highest BCUT2D eigenvalue weighted by Gasteiger charge is 2.15. The predicted molar refractivity (Wildman–Crippen MR) is 112 cm³/mol. The van der Waals surface area contributed by atoms with E-state index in [4.69, 9.17) is 14.3 Å². The standard InChI is InChI=1S/C24H22N2O3/c1-16-4-8-18(9-5-16)21-14-22(19-10-6-17(2)7-11-19)26(25-21)15-20-12-13-23(29-20)24(27)28-3/h4-14H,15H2,1-3H3. The molecule has 5 nitrogen and oxygen atoms in total. The predicted octanol–water partition coefficient (Wildman–Crippen LogP) is 5.26. The summed E-state index contributed by atoms with van der Waals surface area (Å²) in [4.78, 5) is 11.7. The summed E-state index contributed by atoms with van der Waals surface area (Å²) in [6, 6.07) is 22.1. The van der Waals surface area contributed by atoms with Crippen molar-refractivity contribution in [1.82, 2.24) is 9.78 Å². The molecule has 146 valence electrons. The minimum absolute atomic E-state index is 0.185. The number of nitrogens with zero attached hydrogens (tertiary/aromatic N) is 2. The van der Waals surface area contributed by atoms with Gasteiger partial charge in [-0.3, -0.25) is 4.68 Å². The van der Waals surface area contributed by atoms with Crippen LogP contribution in [0.3, 0.4) is 0 Å². The minimum Gasteiger partial charge on any atom is -0.463 e. The van der Waals surface area contributed by atoms with Crippen molar-refractivity contribution in [2.24, 2.45) is 0 Å². The van der Waals surface area contributed by atoms with E-state index < -0.39 is 5.97 Å². The highest BCUT2D eigenvalue weighted by molar-refractivity contribution is 5.86. The molecule has 0 spiro atoms. The molecule has 0 aliphatic carbocycles. The van der Waals surface area contributed by atoms with E-state index in [9.17, 15) is 4.79 Å². The summed E-state index contributed by atoms with van der Waals surface area (Å²) in [6.07, 6.45) is 0. The van der Waals surface area contributed by atoms with Crippen LogP contribution >= 0.6 is 0 Å². The largest absolute Gasteiger partial charge is 0.463 e. The second kappa shape index (κ2) is 7.80. The Hall–Kier alpha value is -3.60. The third-order valence-electron chi connectivity index (χ3n) is 4.83. The molecule has 4 rings (SSSR count). The van der Waals surface area contributed by atoms with Gasteiger partial charge in [0.2, 0.25) is 5.76 Å². The number of furan rings is 1. The summed E-state index contributed by atoms with van der Waals surface area (Å²) in [6.45, 7) is 4.54. The lowest BCUT2D eigenvalue weighted by molar-refractivity contribution is 0.0563. The third kappa shape index (κ3) is 3.99. The zero-order valence-electron chi connectivity index (χ0n) is 16.7. The van der Waals surface area contributed by atoms with Gasteiger partial charge >= 0.3 is 5.97 Å². The van der Waals surface area contributed by atoms with Crippen LogP contribution in [0.5, 0.6) is 0 Å². The van der Waals surface area contributed by atoms with Crippen molar-refractivity contribution in [3.8, 4) is 22.5 Å². The number of rotatable bonds is 5. The Kier molecular flexibility index (Phi) is 5.04. The van der Waals surface area contributed by atoms with Crippen molar-refractivity contribution >= 4 is 5.97 Å². The minimum atomic E-state index is -0.490. The molecule has 0 atom stereocenters.